The number of hydrogen-bond donors (Lipinski definition) is 2. The van der Waals surface area contributed by atoms with Crippen molar-refractivity contribution in [3.05, 3.63) is 78.4 Å². The Morgan fingerprint density at radius 2 is 1.97 bits per heavy atom. The molecule has 0 radical (unpaired) electrons. The molecule has 2 atom stereocenters. The first-order valence-corrected chi connectivity index (χ1v) is 10.6. The van der Waals surface area contributed by atoms with Crippen molar-refractivity contribution in [1.82, 2.24) is 19.8 Å². The highest BCUT2D eigenvalue weighted by Crippen LogP contribution is 2.39. The summed E-state index contributed by atoms with van der Waals surface area (Å²) in [4.78, 5) is 6.74. The van der Waals surface area contributed by atoms with E-state index < -0.39 is 0 Å². The van der Waals surface area contributed by atoms with E-state index >= 15 is 0 Å². The Hall–Kier alpha value is -2.90. The first kappa shape index (κ1) is 20.4. The molecule has 2 aromatic heterocycles. The molecule has 30 heavy (non-hydrogen) atoms. The van der Waals surface area contributed by atoms with Crippen LogP contribution in [0.5, 0.6) is 5.75 Å². The summed E-state index contributed by atoms with van der Waals surface area (Å²) in [7, 11) is 0. The molecule has 1 fully saturated rings. The smallest absolute Gasteiger partial charge is 0.170 e. The van der Waals surface area contributed by atoms with E-state index in [1.807, 2.05) is 43.3 Å². The van der Waals surface area contributed by atoms with Crippen molar-refractivity contribution in [2.45, 2.75) is 25.4 Å². The van der Waals surface area contributed by atoms with Gasteiger partial charge in [-0.15, -0.1) is 0 Å². The Morgan fingerprint density at radius 3 is 2.67 bits per heavy atom. The van der Waals surface area contributed by atoms with Crippen LogP contribution in [0.3, 0.4) is 0 Å². The maximum atomic E-state index is 9.40. The van der Waals surface area contributed by atoms with Gasteiger partial charge in [-0.25, -0.2) is 0 Å². The number of hydrogen-bond acceptors (Lipinski definition) is 4. The summed E-state index contributed by atoms with van der Waals surface area (Å²) >= 11 is 5.67. The number of nitrogens with zero attached hydrogens (tertiary/aromatic N) is 3. The maximum absolute atomic E-state index is 9.40. The molecular formula is C23H26N4O2S. The average molecular weight is 423 g/mol. The molecule has 1 aliphatic heterocycles. The number of aliphatic hydroxyl groups excluding tert-OH is 1. The summed E-state index contributed by atoms with van der Waals surface area (Å²) < 4.78 is 7.76. The third-order valence-corrected chi connectivity index (χ3v) is 5.62. The van der Waals surface area contributed by atoms with E-state index in [1.54, 1.807) is 6.20 Å². The Labute approximate surface area is 182 Å². The second-order valence-corrected chi connectivity index (χ2v) is 7.51. The lowest BCUT2D eigenvalue weighted by Gasteiger charge is -2.28. The molecule has 6 nitrogen and oxygen atoms in total. The summed E-state index contributed by atoms with van der Waals surface area (Å²) in [6.45, 7) is 3.42. The molecule has 3 heterocycles. The van der Waals surface area contributed by atoms with Crippen molar-refractivity contribution >= 4 is 17.3 Å². The predicted octanol–water partition coefficient (Wildman–Crippen LogP) is 3.63. The van der Waals surface area contributed by atoms with Gasteiger partial charge in [0.05, 0.1) is 24.4 Å². The van der Waals surface area contributed by atoms with Gasteiger partial charge in [0, 0.05) is 36.9 Å². The lowest BCUT2D eigenvalue weighted by molar-refractivity contribution is 0.245. The third kappa shape index (κ3) is 4.04. The zero-order valence-electron chi connectivity index (χ0n) is 16.9. The molecular weight excluding hydrogens is 396 g/mol. The largest absolute Gasteiger partial charge is 0.494 e. The van der Waals surface area contributed by atoms with Crippen LogP contribution in [0.1, 0.15) is 36.8 Å². The zero-order chi connectivity index (χ0) is 20.9. The van der Waals surface area contributed by atoms with Gasteiger partial charge in [-0.1, -0.05) is 6.07 Å². The van der Waals surface area contributed by atoms with Crippen molar-refractivity contribution in [2.24, 2.45) is 0 Å². The Kier molecular flexibility index (Phi) is 6.30. The van der Waals surface area contributed by atoms with E-state index in [0.717, 1.165) is 22.8 Å². The lowest BCUT2D eigenvalue weighted by atomic mass is 10.0. The maximum Gasteiger partial charge on any atom is 0.170 e. The molecule has 0 bridgehead atoms. The quantitative estimate of drug-likeness (QED) is 0.541. The van der Waals surface area contributed by atoms with Crippen molar-refractivity contribution < 1.29 is 9.84 Å². The molecule has 7 heteroatoms. The van der Waals surface area contributed by atoms with Crippen LogP contribution in [0.15, 0.2) is 67.0 Å². The van der Waals surface area contributed by atoms with Crippen LogP contribution in [-0.4, -0.2) is 44.4 Å². The fourth-order valence-corrected chi connectivity index (χ4v) is 4.28. The van der Waals surface area contributed by atoms with Gasteiger partial charge in [-0.2, -0.15) is 0 Å². The number of thiocarbonyl (C=S) groups is 1. The summed E-state index contributed by atoms with van der Waals surface area (Å²) in [5.74, 6) is 0.856. The van der Waals surface area contributed by atoms with Crippen LogP contribution >= 0.6 is 12.2 Å². The SMILES string of the molecule is CCOc1ccc(-n2cccc2[C@@H]2[C@@H](c3ccccn3)NC(=S)N2CCCO)cc1. The second kappa shape index (κ2) is 9.28. The van der Waals surface area contributed by atoms with E-state index in [0.29, 0.717) is 24.7 Å². The van der Waals surface area contributed by atoms with Gasteiger partial charge in [-0.3, -0.25) is 4.98 Å². The number of benzene rings is 1. The number of aliphatic hydroxyl groups is 1. The fraction of sp³-hybridized carbons (Fsp3) is 0.304. The molecule has 0 amide bonds. The lowest BCUT2D eigenvalue weighted by Crippen LogP contribution is -2.31. The average Bonchev–Trinajstić information content (AvgIpc) is 3.38. The van der Waals surface area contributed by atoms with Crippen LogP contribution in [0.25, 0.3) is 5.69 Å². The molecule has 2 N–H and O–H groups in total. The van der Waals surface area contributed by atoms with Crippen molar-refractivity contribution in [3.8, 4) is 11.4 Å². The van der Waals surface area contributed by atoms with Gasteiger partial charge in [0.1, 0.15) is 5.75 Å². The van der Waals surface area contributed by atoms with Crippen LogP contribution in [0.4, 0.5) is 0 Å². The fourth-order valence-electron chi connectivity index (χ4n) is 3.95. The summed E-state index contributed by atoms with van der Waals surface area (Å²) in [5, 5.41) is 13.5. The van der Waals surface area contributed by atoms with E-state index in [9.17, 15) is 5.11 Å². The van der Waals surface area contributed by atoms with E-state index in [2.05, 4.69) is 44.2 Å². The molecule has 0 saturated carbocycles. The summed E-state index contributed by atoms with van der Waals surface area (Å²) in [6, 6.07) is 18.1. The normalized spacial score (nSPS) is 18.5. The van der Waals surface area contributed by atoms with Crippen molar-refractivity contribution in [1.29, 1.82) is 0 Å². The van der Waals surface area contributed by atoms with Gasteiger partial charge in [0.25, 0.3) is 0 Å². The minimum absolute atomic E-state index is 0.0412. The van der Waals surface area contributed by atoms with Crippen LogP contribution in [0, 0.1) is 0 Å². The predicted molar refractivity (Wildman–Crippen MR) is 121 cm³/mol. The standard InChI is InChI=1S/C23H26N4O2S/c1-2-29-18-11-9-17(10-12-18)26-14-5-8-20(26)22-21(19-7-3-4-13-24-19)25-23(30)27(22)15-6-16-28/h3-5,7-14,21-22,28H,2,6,15-16H2,1H3,(H,25,30)/t21-,22-/m1/s1. The van der Waals surface area contributed by atoms with E-state index in [4.69, 9.17) is 17.0 Å². The number of ether oxygens (including phenoxy) is 1. The van der Waals surface area contributed by atoms with Gasteiger partial charge in [-0.05, 0) is 74.1 Å². The summed E-state index contributed by atoms with van der Waals surface area (Å²) in [6.07, 6.45) is 4.52. The van der Waals surface area contributed by atoms with Crippen LogP contribution in [-0.2, 0) is 0 Å². The van der Waals surface area contributed by atoms with E-state index in [1.165, 1.54) is 0 Å². The third-order valence-electron chi connectivity index (χ3n) is 5.26. The molecule has 0 unspecified atom stereocenters. The van der Waals surface area contributed by atoms with Crippen LogP contribution < -0.4 is 10.1 Å². The highest BCUT2D eigenvalue weighted by molar-refractivity contribution is 7.80. The topological polar surface area (TPSA) is 62.5 Å². The minimum atomic E-state index is -0.0752. The monoisotopic (exact) mass is 422 g/mol. The number of pyridine rings is 1. The number of rotatable bonds is 8. The molecule has 4 rings (SSSR count). The van der Waals surface area contributed by atoms with Crippen molar-refractivity contribution in [3.63, 3.8) is 0 Å². The molecule has 0 aliphatic carbocycles. The zero-order valence-corrected chi connectivity index (χ0v) is 17.8. The highest BCUT2D eigenvalue weighted by atomic mass is 32.1. The highest BCUT2D eigenvalue weighted by Gasteiger charge is 2.40. The van der Waals surface area contributed by atoms with Crippen molar-refractivity contribution in [2.75, 3.05) is 19.8 Å². The van der Waals surface area contributed by atoms with Gasteiger partial charge >= 0.3 is 0 Å². The molecule has 0 spiro atoms. The molecule has 156 valence electrons. The first-order chi connectivity index (χ1) is 14.7. The second-order valence-electron chi connectivity index (χ2n) is 7.13. The first-order valence-electron chi connectivity index (χ1n) is 10.2. The Bertz CT molecular complexity index is 974. The molecule has 1 aromatic carbocycles. The molecule has 1 aliphatic rings. The van der Waals surface area contributed by atoms with Gasteiger partial charge < -0.3 is 24.6 Å². The van der Waals surface area contributed by atoms with Gasteiger partial charge in [0.15, 0.2) is 5.11 Å². The molecule has 3 aromatic rings. The Balaban J connectivity index is 1.73. The van der Waals surface area contributed by atoms with E-state index in [-0.39, 0.29) is 18.7 Å². The van der Waals surface area contributed by atoms with Crippen LogP contribution in [0.2, 0.25) is 0 Å². The number of aromatic nitrogens is 2. The minimum Gasteiger partial charge on any atom is -0.494 e. The molecule has 1 saturated heterocycles. The van der Waals surface area contributed by atoms with Gasteiger partial charge in [0.2, 0.25) is 0 Å². The summed E-state index contributed by atoms with van der Waals surface area (Å²) in [5.41, 5.74) is 3.11. The Morgan fingerprint density at radius 1 is 1.13 bits per heavy atom. The number of nitrogens with one attached hydrogen (secondary N) is 1.